The second-order valence-electron chi connectivity index (χ2n) is 5.99. The van der Waals surface area contributed by atoms with Crippen LogP contribution in [0.4, 0.5) is 0 Å². The van der Waals surface area contributed by atoms with E-state index in [0.717, 1.165) is 45.1 Å². The molecule has 0 atom stereocenters. The normalized spacial score (nSPS) is 16.7. The average molecular weight is 423 g/mol. The lowest BCUT2D eigenvalue weighted by molar-refractivity contribution is 0.0995. The first-order valence-electron chi connectivity index (χ1n) is 8.01. The van der Waals surface area contributed by atoms with Crippen molar-refractivity contribution in [2.75, 3.05) is 26.2 Å². The Morgan fingerprint density at radius 3 is 2.58 bits per heavy atom. The quantitative estimate of drug-likeness (QED) is 0.615. The summed E-state index contributed by atoms with van der Waals surface area (Å²) >= 11 is 7.09. The highest BCUT2D eigenvalue weighted by molar-refractivity contribution is 9.11. The van der Waals surface area contributed by atoms with Crippen LogP contribution in [-0.2, 0) is 13.2 Å². The monoisotopic (exact) mass is 422 g/mol. The Balaban J connectivity index is 1.29. The molecular formula is C17H19BrN4S2. The van der Waals surface area contributed by atoms with Crippen LogP contribution in [0.25, 0.3) is 11.3 Å². The molecule has 7 heteroatoms. The van der Waals surface area contributed by atoms with Gasteiger partial charge >= 0.3 is 0 Å². The van der Waals surface area contributed by atoms with Gasteiger partial charge in [0.1, 0.15) is 0 Å². The average Bonchev–Trinajstić information content (AvgIpc) is 3.31. The molecule has 24 heavy (non-hydrogen) atoms. The molecule has 0 amide bonds. The fourth-order valence-electron chi connectivity index (χ4n) is 2.96. The van der Waals surface area contributed by atoms with Gasteiger partial charge in [-0.05, 0) is 45.6 Å². The van der Waals surface area contributed by atoms with Crippen molar-refractivity contribution in [3.63, 3.8) is 0 Å². The highest BCUT2D eigenvalue weighted by Gasteiger charge is 2.18. The van der Waals surface area contributed by atoms with Crippen molar-refractivity contribution in [2.45, 2.75) is 13.2 Å². The van der Waals surface area contributed by atoms with Crippen LogP contribution in [0, 0.1) is 0 Å². The summed E-state index contributed by atoms with van der Waals surface area (Å²) in [6, 6.07) is 8.59. The first-order chi connectivity index (χ1) is 11.8. The standard InChI is InChI=1S/C17H19BrN4S2/c18-17-2-1-15(24-17)11-20-6-8-21(9-7-20)13-22-5-3-16(19-22)14-4-10-23-12-14/h1-5,10,12H,6-9,11,13H2. The van der Waals surface area contributed by atoms with Gasteiger partial charge in [0.25, 0.3) is 0 Å². The fraction of sp³-hybridized carbons (Fsp3) is 0.353. The number of hydrogen-bond acceptors (Lipinski definition) is 5. The predicted octanol–water partition coefficient (Wildman–Crippen LogP) is 4.21. The molecule has 0 bridgehead atoms. The first-order valence-corrected chi connectivity index (χ1v) is 10.6. The van der Waals surface area contributed by atoms with Gasteiger partial charge in [0, 0.05) is 54.7 Å². The Morgan fingerprint density at radius 2 is 1.88 bits per heavy atom. The third kappa shape index (κ3) is 3.97. The van der Waals surface area contributed by atoms with E-state index in [1.165, 1.54) is 14.2 Å². The van der Waals surface area contributed by atoms with Crippen molar-refractivity contribution in [2.24, 2.45) is 0 Å². The largest absolute Gasteiger partial charge is 0.296 e. The highest BCUT2D eigenvalue weighted by atomic mass is 79.9. The second kappa shape index (κ2) is 7.49. The lowest BCUT2D eigenvalue weighted by Gasteiger charge is -2.34. The molecule has 0 aliphatic carbocycles. The van der Waals surface area contributed by atoms with Gasteiger partial charge in [-0.1, -0.05) is 0 Å². The van der Waals surface area contributed by atoms with Gasteiger partial charge < -0.3 is 0 Å². The van der Waals surface area contributed by atoms with Crippen LogP contribution in [0.15, 0.2) is 45.0 Å². The molecule has 0 N–H and O–H groups in total. The van der Waals surface area contributed by atoms with Crippen LogP contribution in [-0.4, -0.2) is 45.8 Å². The lowest BCUT2D eigenvalue weighted by atomic mass is 10.2. The minimum absolute atomic E-state index is 0.878. The maximum Gasteiger partial charge on any atom is 0.0932 e. The molecule has 1 saturated heterocycles. The molecule has 0 saturated carbocycles. The number of aromatic nitrogens is 2. The summed E-state index contributed by atoms with van der Waals surface area (Å²) in [4.78, 5) is 6.45. The third-order valence-corrected chi connectivity index (χ3v) is 6.57. The fourth-order valence-corrected chi connectivity index (χ4v) is 5.13. The Labute approximate surface area is 158 Å². The first kappa shape index (κ1) is 16.5. The molecular weight excluding hydrogens is 404 g/mol. The summed E-state index contributed by atoms with van der Waals surface area (Å²) in [5.74, 6) is 0. The zero-order valence-corrected chi connectivity index (χ0v) is 16.5. The van der Waals surface area contributed by atoms with Crippen LogP contribution in [0.1, 0.15) is 4.88 Å². The highest BCUT2D eigenvalue weighted by Crippen LogP contribution is 2.24. The van der Waals surface area contributed by atoms with Gasteiger partial charge in [-0.2, -0.15) is 16.4 Å². The van der Waals surface area contributed by atoms with Crippen molar-refractivity contribution in [1.29, 1.82) is 0 Å². The summed E-state index contributed by atoms with van der Waals surface area (Å²) in [7, 11) is 0. The van der Waals surface area contributed by atoms with Crippen molar-refractivity contribution in [3.05, 3.63) is 49.9 Å². The third-order valence-electron chi connectivity index (χ3n) is 4.28. The topological polar surface area (TPSA) is 24.3 Å². The van der Waals surface area contributed by atoms with Crippen LogP contribution >= 0.6 is 38.6 Å². The summed E-state index contributed by atoms with van der Waals surface area (Å²) in [6.07, 6.45) is 2.09. The maximum absolute atomic E-state index is 4.70. The summed E-state index contributed by atoms with van der Waals surface area (Å²) < 4.78 is 3.27. The summed E-state index contributed by atoms with van der Waals surface area (Å²) in [5.41, 5.74) is 2.28. The van der Waals surface area contributed by atoms with Crippen LogP contribution < -0.4 is 0 Å². The Bertz CT molecular complexity index is 772. The number of hydrogen-bond donors (Lipinski definition) is 0. The molecule has 4 heterocycles. The van der Waals surface area contributed by atoms with Gasteiger partial charge in [-0.3, -0.25) is 14.5 Å². The van der Waals surface area contributed by atoms with Crippen LogP contribution in [0.5, 0.6) is 0 Å². The van der Waals surface area contributed by atoms with Crippen molar-refractivity contribution in [3.8, 4) is 11.3 Å². The Morgan fingerprint density at radius 1 is 1.04 bits per heavy atom. The Hall–Kier alpha value is -0.990. The minimum atomic E-state index is 0.878. The van der Waals surface area contributed by atoms with Gasteiger partial charge in [-0.25, -0.2) is 0 Å². The van der Waals surface area contributed by atoms with E-state index in [9.17, 15) is 0 Å². The van der Waals surface area contributed by atoms with Gasteiger partial charge in [0.15, 0.2) is 0 Å². The van der Waals surface area contributed by atoms with E-state index in [0.29, 0.717) is 0 Å². The van der Waals surface area contributed by atoms with E-state index in [-0.39, 0.29) is 0 Å². The molecule has 1 fully saturated rings. The summed E-state index contributed by atoms with van der Waals surface area (Å²) in [5, 5.41) is 8.94. The molecule has 4 rings (SSSR count). The molecule has 0 unspecified atom stereocenters. The molecule has 0 aromatic carbocycles. The molecule has 3 aromatic heterocycles. The second-order valence-corrected chi connectivity index (χ2v) is 9.32. The number of thiophene rings is 2. The molecule has 3 aromatic rings. The zero-order valence-electron chi connectivity index (χ0n) is 13.3. The van der Waals surface area contributed by atoms with E-state index in [2.05, 4.69) is 71.6 Å². The minimum Gasteiger partial charge on any atom is -0.296 e. The smallest absolute Gasteiger partial charge is 0.0932 e. The molecule has 1 aliphatic rings. The van der Waals surface area contributed by atoms with Crippen molar-refractivity contribution >= 4 is 38.6 Å². The maximum atomic E-state index is 4.70. The van der Waals surface area contributed by atoms with E-state index in [1.54, 1.807) is 11.3 Å². The Kier molecular flexibility index (Phi) is 5.14. The van der Waals surface area contributed by atoms with E-state index in [4.69, 9.17) is 5.10 Å². The van der Waals surface area contributed by atoms with Gasteiger partial charge in [0.05, 0.1) is 16.1 Å². The van der Waals surface area contributed by atoms with E-state index in [1.807, 2.05) is 11.3 Å². The van der Waals surface area contributed by atoms with Gasteiger partial charge in [0.2, 0.25) is 0 Å². The number of nitrogens with zero attached hydrogens (tertiary/aromatic N) is 4. The van der Waals surface area contributed by atoms with Gasteiger partial charge in [-0.15, -0.1) is 11.3 Å². The van der Waals surface area contributed by atoms with Crippen molar-refractivity contribution < 1.29 is 0 Å². The number of rotatable bonds is 5. The molecule has 1 aliphatic heterocycles. The van der Waals surface area contributed by atoms with E-state index < -0.39 is 0 Å². The van der Waals surface area contributed by atoms with Crippen molar-refractivity contribution in [1.82, 2.24) is 19.6 Å². The SMILES string of the molecule is Brc1ccc(CN2CCN(Cn3ccc(-c4ccsc4)n3)CC2)s1. The predicted molar refractivity (Wildman–Crippen MR) is 104 cm³/mol. The van der Waals surface area contributed by atoms with E-state index >= 15 is 0 Å². The molecule has 0 spiro atoms. The summed E-state index contributed by atoms with van der Waals surface area (Å²) in [6.45, 7) is 6.37. The number of halogens is 1. The van der Waals surface area contributed by atoms with Crippen LogP contribution in [0.2, 0.25) is 0 Å². The molecule has 126 valence electrons. The lowest BCUT2D eigenvalue weighted by Crippen LogP contribution is -2.46. The zero-order chi connectivity index (χ0) is 16.4. The van der Waals surface area contributed by atoms with Crippen LogP contribution in [0.3, 0.4) is 0 Å². The number of piperazine rings is 1. The molecule has 0 radical (unpaired) electrons. The molecule has 4 nitrogen and oxygen atoms in total.